The number of likely N-dealkylation sites (tertiary alicyclic amines) is 1. The lowest BCUT2D eigenvalue weighted by molar-refractivity contribution is -0.118. The number of aryl methyl sites for hydroxylation is 1. The van der Waals surface area contributed by atoms with Crippen LogP contribution in [0.2, 0.25) is 0 Å². The average molecular weight is 523 g/mol. The molecule has 2 fully saturated rings. The molecule has 1 aliphatic carbocycles. The van der Waals surface area contributed by atoms with Crippen molar-refractivity contribution >= 4 is 17.5 Å². The molecule has 4 nitrogen and oxygen atoms in total. The van der Waals surface area contributed by atoms with Gasteiger partial charge in [0.2, 0.25) is 5.91 Å². The highest BCUT2D eigenvalue weighted by molar-refractivity contribution is 5.98. The van der Waals surface area contributed by atoms with Gasteiger partial charge >= 0.3 is 0 Å². The van der Waals surface area contributed by atoms with Crippen molar-refractivity contribution in [3.63, 3.8) is 0 Å². The predicted molar refractivity (Wildman–Crippen MR) is 163 cm³/mol. The molecule has 4 heteroatoms. The largest absolute Gasteiger partial charge is 0.335 e. The average Bonchev–Trinajstić information content (AvgIpc) is 2.96. The number of nitrogens with zero attached hydrogens (tertiary/aromatic N) is 1. The van der Waals surface area contributed by atoms with Gasteiger partial charge in [-0.2, -0.15) is 0 Å². The van der Waals surface area contributed by atoms with E-state index in [1.165, 1.54) is 56.9 Å². The standard InChI is InChI=1S/C32H48N2O2.C2H6/c1-5-8-9-10-14-25(6-2)19-18-24(4)31(35)33-28-20-21-29(26(7-3)23-28)32(36)34-22-13-16-27-15-11-12-17-30(27)34;1-2/h6,18-21,23-24,27,30H,5,7-17,22H2,1-4H3,(H,33,35);1-2H3/b19-18-,25-6-;. The molecule has 1 N–H and O–H groups in total. The van der Waals surface area contributed by atoms with Gasteiger partial charge < -0.3 is 10.2 Å². The number of hydrogen-bond donors (Lipinski definition) is 1. The summed E-state index contributed by atoms with van der Waals surface area (Å²) in [4.78, 5) is 28.6. The summed E-state index contributed by atoms with van der Waals surface area (Å²) in [5, 5.41) is 3.07. The molecular weight excluding hydrogens is 468 g/mol. The highest BCUT2D eigenvalue weighted by atomic mass is 16.2. The summed E-state index contributed by atoms with van der Waals surface area (Å²) < 4.78 is 0. The van der Waals surface area contributed by atoms with E-state index in [0.717, 1.165) is 49.0 Å². The predicted octanol–water partition coefficient (Wildman–Crippen LogP) is 9.12. The molecule has 1 saturated heterocycles. The van der Waals surface area contributed by atoms with Crippen LogP contribution < -0.4 is 5.32 Å². The summed E-state index contributed by atoms with van der Waals surface area (Å²) in [5.41, 5.74) is 3.88. The molecule has 0 bridgehead atoms. The van der Waals surface area contributed by atoms with Crippen LogP contribution in [0.15, 0.2) is 42.0 Å². The molecule has 2 aliphatic rings. The lowest BCUT2D eigenvalue weighted by Crippen LogP contribution is -2.49. The smallest absolute Gasteiger partial charge is 0.254 e. The maximum absolute atomic E-state index is 13.6. The van der Waals surface area contributed by atoms with Crippen molar-refractivity contribution in [3.05, 3.63) is 53.1 Å². The molecule has 1 heterocycles. The first kappa shape index (κ1) is 31.9. The Morgan fingerprint density at radius 1 is 1.05 bits per heavy atom. The molecule has 1 saturated carbocycles. The zero-order chi connectivity index (χ0) is 27.9. The van der Waals surface area contributed by atoms with E-state index >= 15 is 0 Å². The number of carbonyl (C=O) groups excluding carboxylic acids is 2. The fraction of sp³-hybridized carbons (Fsp3) is 0.647. The number of nitrogens with one attached hydrogen (secondary N) is 1. The maximum atomic E-state index is 13.6. The first-order valence-corrected chi connectivity index (χ1v) is 15.6. The molecule has 0 radical (unpaired) electrons. The fourth-order valence-corrected chi connectivity index (χ4v) is 5.90. The van der Waals surface area contributed by atoms with Crippen LogP contribution >= 0.6 is 0 Å². The van der Waals surface area contributed by atoms with Gasteiger partial charge in [-0.1, -0.05) is 90.5 Å². The maximum Gasteiger partial charge on any atom is 0.254 e. The summed E-state index contributed by atoms with van der Waals surface area (Å²) in [7, 11) is 0. The third-order valence-electron chi connectivity index (χ3n) is 8.19. The van der Waals surface area contributed by atoms with Crippen LogP contribution in [0.3, 0.4) is 0 Å². The Kier molecular flexibility index (Phi) is 14.5. The van der Waals surface area contributed by atoms with Crippen molar-refractivity contribution in [2.45, 2.75) is 125 Å². The van der Waals surface area contributed by atoms with Crippen molar-refractivity contribution in [2.24, 2.45) is 11.8 Å². The third kappa shape index (κ3) is 9.13. The Morgan fingerprint density at radius 3 is 2.50 bits per heavy atom. The van der Waals surface area contributed by atoms with Gasteiger partial charge in [0, 0.05) is 23.8 Å². The second-order valence-electron chi connectivity index (χ2n) is 10.8. The zero-order valence-corrected chi connectivity index (χ0v) is 25.2. The Balaban J connectivity index is 0.00000247. The number of piperidine rings is 1. The van der Waals surface area contributed by atoms with E-state index in [1.54, 1.807) is 0 Å². The van der Waals surface area contributed by atoms with Gasteiger partial charge in [0.25, 0.3) is 5.91 Å². The van der Waals surface area contributed by atoms with Crippen LogP contribution in [-0.4, -0.2) is 29.3 Å². The molecule has 38 heavy (non-hydrogen) atoms. The first-order chi connectivity index (χ1) is 18.5. The number of unbranched alkanes of at least 4 members (excludes halogenated alkanes) is 3. The number of benzene rings is 1. The van der Waals surface area contributed by atoms with Gasteiger partial charge in [0.15, 0.2) is 0 Å². The summed E-state index contributed by atoms with van der Waals surface area (Å²) in [6.45, 7) is 13.2. The van der Waals surface area contributed by atoms with E-state index in [9.17, 15) is 9.59 Å². The van der Waals surface area contributed by atoms with E-state index in [2.05, 4.69) is 43.1 Å². The van der Waals surface area contributed by atoms with Gasteiger partial charge in [-0.05, 0) is 81.5 Å². The van der Waals surface area contributed by atoms with Gasteiger partial charge in [0.1, 0.15) is 0 Å². The molecule has 1 aliphatic heterocycles. The number of hydrogen-bond acceptors (Lipinski definition) is 2. The highest BCUT2D eigenvalue weighted by Gasteiger charge is 2.36. The number of anilines is 1. The number of rotatable bonds is 11. The van der Waals surface area contributed by atoms with E-state index in [-0.39, 0.29) is 17.7 Å². The number of amides is 2. The molecule has 3 unspecified atom stereocenters. The Labute approximate surface area is 233 Å². The van der Waals surface area contributed by atoms with E-state index in [1.807, 2.05) is 45.0 Å². The summed E-state index contributed by atoms with van der Waals surface area (Å²) in [6.07, 6.45) is 20.4. The molecule has 3 rings (SSSR count). The normalized spacial score (nSPS) is 20.4. The van der Waals surface area contributed by atoms with Crippen LogP contribution in [-0.2, 0) is 11.2 Å². The quantitative estimate of drug-likeness (QED) is 0.233. The van der Waals surface area contributed by atoms with Crippen LogP contribution in [0, 0.1) is 11.8 Å². The van der Waals surface area contributed by atoms with Crippen molar-refractivity contribution in [1.29, 1.82) is 0 Å². The molecule has 0 spiro atoms. The first-order valence-electron chi connectivity index (χ1n) is 15.6. The second-order valence-corrected chi connectivity index (χ2v) is 10.8. The summed E-state index contributed by atoms with van der Waals surface area (Å²) >= 11 is 0. The van der Waals surface area contributed by atoms with Crippen LogP contribution in [0.4, 0.5) is 5.69 Å². The SMILES string of the molecule is C/C=C(\C=C/C(C)C(=O)Nc1ccc(C(=O)N2CCCC3CCCCC32)c(CC)c1)CCCCCC.CC. The molecule has 2 amide bonds. The molecule has 0 aromatic heterocycles. The second kappa shape index (κ2) is 17.3. The van der Waals surface area contributed by atoms with Gasteiger partial charge in [-0.15, -0.1) is 0 Å². The number of allylic oxidation sites excluding steroid dienone is 3. The summed E-state index contributed by atoms with van der Waals surface area (Å²) in [6, 6.07) is 6.23. The van der Waals surface area contributed by atoms with Crippen LogP contribution in [0.5, 0.6) is 0 Å². The van der Waals surface area contributed by atoms with Crippen molar-refractivity contribution in [2.75, 3.05) is 11.9 Å². The minimum Gasteiger partial charge on any atom is -0.335 e. The third-order valence-corrected chi connectivity index (χ3v) is 8.19. The Hall–Kier alpha value is -2.36. The molecule has 1 aromatic rings. The van der Waals surface area contributed by atoms with Gasteiger partial charge in [-0.3, -0.25) is 9.59 Å². The van der Waals surface area contributed by atoms with Gasteiger partial charge in [-0.25, -0.2) is 0 Å². The van der Waals surface area contributed by atoms with E-state index in [4.69, 9.17) is 0 Å². The Morgan fingerprint density at radius 2 is 1.79 bits per heavy atom. The lowest BCUT2D eigenvalue weighted by atomic mass is 9.78. The van der Waals surface area contributed by atoms with Crippen LogP contribution in [0.25, 0.3) is 0 Å². The van der Waals surface area contributed by atoms with E-state index in [0.29, 0.717) is 12.0 Å². The minimum atomic E-state index is -0.224. The Bertz CT molecular complexity index is 930. The molecule has 1 aromatic carbocycles. The van der Waals surface area contributed by atoms with Crippen LogP contribution in [0.1, 0.15) is 128 Å². The number of fused-ring (bicyclic) bond motifs is 1. The topological polar surface area (TPSA) is 49.4 Å². The fourth-order valence-electron chi connectivity index (χ4n) is 5.90. The lowest BCUT2D eigenvalue weighted by Gasteiger charge is -2.44. The molecule has 3 atom stereocenters. The van der Waals surface area contributed by atoms with Crippen molar-refractivity contribution in [1.82, 2.24) is 4.90 Å². The summed E-state index contributed by atoms with van der Waals surface area (Å²) in [5.74, 6) is 0.609. The minimum absolute atomic E-state index is 0.0186. The number of carbonyl (C=O) groups is 2. The van der Waals surface area contributed by atoms with Crippen molar-refractivity contribution in [3.8, 4) is 0 Å². The zero-order valence-electron chi connectivity index (χ0n) is 25.2. The van der Waals surface area contributed by atoms with Crippen molar-refractivity contribution < 1.29 is 9.59 Å². The molecular formula is C34H54N2O2. The van der Waals surface area contributed by atoms with Gasteiger partial charge in [0.05, 0.1) is 5.92 Å². The van der Waals surface area contributed by atoms with E-state index < -0.39 is 0 Å². The molecule has 212 valence electrons. The monoisotopic (exact) mass is 522 g/mol. The highest BCUT2D eigenvalue weighted by Crippen LogP contribution is 2.36.